The van der Waals surface area contributed by atoms with Gasteiger partial charge < -0.3 is 10.2 Å². The zero-order valence-corrected chi connectivity index (χ0v) is 15.5. The van der Waals surface area contributed by atoms with Crippen LogP contribution in [0.3, 0.4) is 0 Å². The summed E-state index contributed by atoms with van der Waals surface area (Å²) in [5, 5.41) is 3.06. The van der Waals surface area contributed by atoms with Gasteiger partial charge in [0.15, 0.2) is 0 Å². The second-order valence-electron chi connectivity index (χ2n) is 5.79. The Morgan fingerprint density at radius 1 is 1.12 bits per heavy atom. The molecule has 0 bridgehead atoms. The Hall–Kier alpha value is -2.26. The number of hydrogen-bond acceptors (Lipinski definition) is 6. The molecule has 25 heavy (non-hydrogen) atoms. The molecule has 2 N–H and O–H groups in total. The Balaban J connectivity index is 1.97. The molecule has 0 aliphatic heterocycles. The van der Waals surface area contributed by atoms with Gasteiger partial charge in [-0.25, -0.2) is 27.5 Å². The van der Waals surface area contributed by atoms with Crippen LogP contribution in [0.5, 0.6) is 0 Å². The number of sulfonamides is 1. The van der Waals surface area contributed by atoms with Crippen LogP contribution in [0, 0.1) is 19.7 Å². The van der Waals surface area contributed by atoms with Crippen LogP contribution < -0.4 is 14.9 Å². The van der Waals surface area contributed by atoms with E-state index in [1.807, 2.05) is 19.0 Å². The minimum atomic E-state index is -3.69. The maximum absolute atomic E-state index is 13.1. The van der Waals surface area contributed by atoms with E-state index in [-0.39, 0.29) is 11.4 Å². The molecule has 0 spiro atoms. The number of halogens is 1. The van der Waals surface area contributed by atoms with Gasteiger partial charge in [-0.05, 0) is 37.6 Å². The van der Waals surface area contributed by atoms with Gasteiger partial charge in [-0.15, -0.1) is 0 Å². The number of aryl methyl sites for hydroxylation is 2. The summed E-state index contributed by atoms with van der Waals surface area (Å²) in [4.78, 5) is 10.5. The number of hydrogen-bond donors (Lipinski definition) is 2. The summed E-state index contributed by atoms with van der Waals surface area (Å²) < 4.78 is 40.2. The molecule has 1 aromatic heterocycles. The molecule has 1 heterocycles. The number of anilines is 2. The van der Waals surface area contributed by atoms with Crippen LogP contribution in [-0.2, 0) is 10.0 Å². The van der Waals surface area contributed by atoms with Gasteiger partial charge in [-0.1, -0.05) is 0 Å². The summed E-state index contributed by atoms with van der Waals surface area (Å²) in [5.74, 6) is 1.54. The van der Waals surface area contributed by atoms with Crippen molar-refractivity contribution in [2.75, 3.05) is 37.4 Å². The predicted molar refractivity (Wildman–Crippen MR) is 95.9 cm³/mol. The van der Waals surface area contributed by atoms with Crippen molar-refractivity contribution < 1.29 is 12.8 Å². The summed E-state index contributed by atoms with van der Waals surface area (Å²) >= 11 is 0. The largest absolute Gasteiger partial charge is 0.369 e. The quantitative estimate of drug-likeness (QED) is 0.724. The minimum Gasteiger partial charge on any atom is -0.369 e. The minimum absolute atomic E-state index is 0.0710. The fourth-order valence-corrected chi connectivity index (χ4v) is 3.50. The molecule has 7 nitrogen and oxygen atoms in total. The highest BCUT2D eigenvalue weighted by Gasteiger charge is 2.16. The fraction of sp³-hybridized carbons (Fsp3) is 0.375. The van der Waals surface area contributed by atoms with Crippen molar-refractivity contribution in [2.24, 2.45) is 0 Å². The first-order valence-electron chi connectivity index (χ1n) is 7.72. The Morgan fingerprint density at radius 2 is 1.84 bits per heavy atom. The topological polar surface area (TPSA) is 87.2 Å². The van der Waals surface area contributed by atoms with Gasteiger partial charge in [0, 0.05) is 33.3 Å². The predicted octanol–water partition coefficient (Wildman–Crippen LogP) is 1.69. The Morgan fingerprint density at radius 3 is 2.48 bits per heavy atom. The summed E-state index contributed by atoms with van der Waals surface area (Å²) in [5.41, 5.74) is 0.363. The highest BCUT2D eigenvalue weighted by atomic mass is 32.2. The zero-order valence-electron chi connectivity index (χ0n) is 14.7. The van der Waals surface area contributed by atoms with Crippen molar-refractivity contribution in [1.29, 1.82) is 0 Å². The molecule has 0 amide bonds. The van der Waals surface area contributed by atoms with Gasteiger partial charge in [-0.2, -0.15) is 0 Å². The van der Waals surface area contributed by atoms with Crippen LogP contribution >= 0.6 is 0 Å². The van der Waals surface area contributed by atoms with E-state index in [1.165, 1.54) is 12.1 Å². The molecule has 136 valence electrons. The number of nitrogens with zero attached hydrogens (tertiary/aromatic N) is 3. The Kier molecular flexibility index (Phi) is 5.91. The monoisotopic (exact) mass is 367 g/mol. The van der Waals surface area contributed by atoms with Crippen molar-refractivity contribution >= 4 is 21.7 Å². The molecule has 0 radical (unpaired) electrons. The molecule has 0 saturated heterocycles. The molecule has 1 aromatic carbocycles. The first-order chi connectivity index (χ1) is 11.7. The van der Waals surface area contributed by atoms with Crippen LogP contribution in [0.2, 0.25) is 0 Å². The molecule has 0 aliphatic carbocycles. The summed E-state index contributed by atoms with van der Waals surface area (Å²) in [6, 6.07) is 5.37. The van der Waals surface area contributed by atoms with Gasteiger partial charge in [-0.3, -0.25) is 0 Å². The van der Waals surface area contributed by atoms with Crippen LogP contribution in [0.15, 0.2) is 29.2 Å². The van der Waals surface area contributed by atoms with Crippen molar-refractivity contribution in [2.45, 2.75) is 18.7 Å². The third-order valence-electron chi connectivity index (χ3n) is 3.43. The lowest BCUT2D eigenvalue weighted by Crippen LogP contribution is -2.29. The van der Waals surface area contributed by atoms with Gasteiger partial charge in [0.2, 0.25) is 10.0 Å². The normalized spacial score (nSPS) is 11.4. The van der Waals surface area contributed by atoms with Crippen molar-refractivity contribution in [3.8, 4) is 0 Å². The molecule has 0 fully saturated rings. The molecule has 0 aliphatic rings. The molecular weight excluding hydrogens is 345 g/mol. The van der Waals surface area contributed by atoms with Gasteiger partial charge >= 0.3 is 0 Å². The maximum atomic E-state index is 13.1. The number of benzene rings is 1. The van der Waals surface area contributed by atoms with Crippen LogP contribution in [0.1, 0.15) is 11.4 Å². The van der Waals surface area contributed by atoms with Crippen molar-refractivity contribution in [3.05, 3.63) is 41.5 Å². The van der Waals surface area contributed by atoms with Gasteiger partial charge in [0.25, 0.3) is 0 Å². The molecule has 9 heteroatoms. The Labute approximate surface area is 147 Å². The summed E-state index contributed by atoms with van der Waals surface area (Å²) in [6.45, 7) is 3.86. The third kappa shape index (κ3) is 5.10. The first kappa shape index (κ1) is 19.1. The third-order valence-corrected chi connectivity index (χ3v) is 5.05. The van der Waals surface area contributed by atoms with Crippen LogP contribution in [0.25, 0.3) is 0 Å². The second kappa shape index (κ2) is 7.75. The summed E-state index contributed by atoms with van der Waals surface area (Å²) in [7, 11) is 0.0698. The standard InChI is InChI=1S/C16H22FN5O2S/c1-11-9-13(17)5-6-14(11)25(23,24)19-8-7-18-15-10-16(22(3)4)21-12(2)20-15/h5-6,9-10,19H,7-8H2,1-4H3,(H,18,20,21). The molecule has 0 saturated carbocycles. The van der Waals surface area contributed by atoms with E-state index in [9.17, 15) is 12.8 Å². The van der Waals surface area contributed by atoms with E-state index in [2.05, 4.69) is 20.0 Å². The van der Waals surface area contributed by atoms with E-state index in [0.29, 0.717) is 23.8 Å². The fourth-order valence-electron chi connectivity index (χ4n) is 2.24. The van der Waals surface area contributed by atoms with E-state index in [1.54, 1.807) is 19.9 Å². The highest BCUT2D eigenvalue weighted by molar-refractivity contribution is 7.89. The smallest absolute Gasteiger partial charge is 0.240 e. The second-order valence-corrected chi connectivity index (χ2v) is 7.52. The van der Waals surface area contributed by atoms with E-state index in [0.717, 1.165) is 11.9 Å². The lowest BCUT2D eigenvalue weighted by Gasteiger charge is -2.14. The molecular formula is C16H22FN5O2S. The highest BCUT2D eigenvalue weighted by Crippen LogP contribution is 2.16. The van der Waals surface area contributed by atoms with E-state index < -0.39 is 15.8 Å². The van der Waals surface area contributed by atoms with E-state index >= 15 is 0 Å². The maximum Gasteiger partial charge on any atom is 0.240 e. The lowest BCUT2D eigenvalue weighted by atomic mass is 10.2. The number of aromatic nitrogens is 2. The van der Waals surface area contributed by atoms with Crippen LogP contribution in [0.4, 0.5) is 16.0 Å². The summed E-state index contributed by atoms with van der Waals surface area (Å²) in [6.07, 6.45) is 0. The van der Waals surface area contributed by atoms with Crippen molar-refractivity contribution in [1.82, 2.24) is 14.7 Å². The van der Waals surface area contributed by atoms with Gasteiger partial charge in [0.1, 0.15) is 23.3 Å². The van der Waals surface area contributed by atoms with Crippen LogP contribution in [-0.4, -0.2) is 45.6 Å². The number of rotatable bonds is 7. The lowest BCUT2D eigenvalue weighted by molar-refractivity contribution is 0.581. The average Bonchev–Trinajstić information content (AvgIpc) is 2.50. The average molecular weight is 367 g/mol. The SMILES string of the molecule is Cc1nc(NCCNS(=O)(=O)c2ccc(F)cc2C)cc(N(C)C)n1. The zero-order chi connectivity index (χ0) is 18.6. The molecule has 0 unspecified atom stereocenters. The van der Waals surface area contributed by atoms with Gasteiger partial charge in [0.05, 0.1) is 4.90 Å². The molecule has 2 aromatic rings. The molecule has 2 rings (SSSR count). The number of nitrogens with one attached hydrogen (secondary N) is 2. The Bertz CT molecular complexity index is 856. The van der Waals surface area contributed by atoms with E-state index in [4.69, 9.17) is 0 Å². The molecule has 0 atom stereocenters. The van der Waals surface area contributed by atoms with Crippen molar-refractivity contribution in [3.63, 3.8) is 0 Å². The first-order valence-corrected chi connectivity index (χ1v) is 9.20.